The third-order valence-corrected chi connectivity index (χ3v) is 5.78. The molecule has 0 fully saturated rings. The Kier molecular flexibility index (Phi) is 7.02. The van der Waals surface area contributed by atoms with Gasteiger partial charge in [-0.05, 0) is 42.4 Å². The lowest BCUT2D eigenvalue weighted by atomic mass is 10.1. The lowest BCUT2D eigenvalue weighted by molar-refractivity contribution is 0.280. The fraction of sp³-hybridized carbons (Fsp3) is 0.571. The summed E-state index contributed by atoms with van der Waals surface area (Å²) in [6.45, 7) is 4.33. The number of thioether (sulfide) groups is 1. The Morgan fingerprint density at radius 3 is 2.60 bits per heavy atom. The van der Waals surface area contributed by atoms with Gasteiger partial charge in [0.25, 0.3) is 0 Å². The number of aliphatic hydroxyl groups excluding tert-OH is 1. The van der Waals surface area contributed by atoms with Gasteiger partial charge in [0, 0.05) is 11.8 Å². The molecule has 0 amide bonds. The van der Waals surface area contributed by atoms with E-state index in [-0.39, 0.29) is 11.5 Å². The number of rotatable bonds is 8. The Morgan fingerprint density at radius 2 is 2.05 bits per heavy atom. The highest BCUT2D eigenvalue weighted by atomic mass is 32.2. The molecule has 6 heteroatoms. The van der Waals surface area contributed by atoms with E-state index in [1.807, 2.05) is 13.2 Å². The molecule has 0 radical (unpaired) electrons. The van der Waals surface area contributed by atoms with Crippen molar-refractivity contribution in [1.82, 2.24) is 4.72 Å². The number of aliphatic hydroxyl groups is 1. The van der Waals surface area contributed by atoms with Crippen LogP contribution in [-0.4, -0.2) is 31.6 Å². The third kappa shape index (κ3) is 4.77. The maximum Gasteiger partial charge on any atom is 0.240 e. The molecule has 0 aliphatic heterocycles. The van der Waals surface area contributed by atoms with Crippen molar-refractivity contribution in [3.8, 4) is 0 Å². The summed E-state index contributed by atoms with van der Waals surface area (Å²) in [5, 5.41) is 9.73. The van der Waals surface area contributed by atoms with E-state index < -0.39 is 10.0 Å². The highest BCUT2D eigenvalue weighted by molar-refractivity contribution is 7.99. The molecule has 2 N–H and O–H groups in total. The normalized spacial score (nSPS) is 13.4. The molecule has 1 rings (SSSR count). The highest BCUT2D eigenvalue weighted by Gasteiger charge is 2.15. The second-order valence-electron chi connectivity index (χ2n) is 4.67. The fourth-order valence-corrected chi connectivity index (χ4v) is 3.31. The first-order chi connectivity index (χ1) is 9.44. The van der Waals surface area contributed by atoms with Crippen LogP contribution in [0.4, 0.5) is 0 Å². The van der Waals surface area contributed by atoms with E-state index in [0.29, 0.717) is 17.4 Å². The number of hydrogen-bond acceptors (Lipinski definition) is 4. The summed E-state index contributed by atoms with van der Waals surface area (Å²) < 4.78 is 26.9. The molecule has 0 bridgehead atoms. The molecule has 0 spiro atoms. The highest BCUT2D eigenvalue weighted by Crippen LogP contribution is 2.17. The van der Waals surface area contributed by atoms with Gasteiger partial charge in [-0.3, -0.25) is 0 Å². The molecule has 1 aromatic rings. The van der Waals surface area contributed by atoms with Crippen LogP contribution < -0.4 is 4.72 Å². The molecule has 20 heavy (non-hydrogen) atoms. The van der Waals surface area contributed by atoms with E-state index in [9.17, 15) is 13.5 Å². The average molecular weight is 317 g/mol. The maximum absolute atomic E-state index is 12.2. The minimum atomic E-state index is -3.49. The topological polar surface area (TPSA) is 66.4 Å². The summed E-state index contributed by atoms with van der Waals surface area (Å²) in [5.41, 5.74) is 1.65. The van der Waals surface area contributed by atoms with Gasteiger partial charge in [-0.25, -0.2) is 13.1 Å². The lowest BCUT2D eigenvalue weighted by Gasteiger charge is -2.12. The number of hydrogen-bond donors (Lipinski definition) is 2. The molecule has 4 nitrogen and oxygen atoms in total. The molecule has 0 aromatic heterocycles. The van der Waals surface area contributed by atoms with E-state index in [4.69, 9.17) is 0 Å². The Morgan fingerprint density at radius 1 is 1.35 bits per heavy atom. The van der Waals surface area contributed by atoms with E-state index in [1.165, 1.54) is 0 Å². The summed E-state index contributed by atoms with van der Waals surface area (Å²) in [5.74, 6) is 0. The third-order valence-electron chi connectivity index (χ3n) is 3.28. The van der Waals surface area contributed by atoms with Gasteiger partial charge in [-0.2, -0.15) is 11.8 Å². The van der Waals surface area contributed by atoms with Crippen LogP contribution in [0.5, 0.6) is 0 Å². The van der Waals surface area contributed by atoms with Crippen LogP contribution in [0, 0.1) is 0 Å². The number of nitrogens with one attached hydrogen (secondary N) is 1. The van der Waals surface area contributed by atoms with Crippen molar-refractivity contribution in [3.05, 3.63) is 29.3 Å². The van der Waals surface area contributed by atoms with Gasteiger partial charge in [-0.1, -0.05) is 19.9 Å². The van der Waals surface area contributed by atoms with Crippen LogP contribution in [0.1, 0.15) is 31.4 Å². The Bertz CT molecular complexity index is 529. The fourth-order valence-electron chi connectivity index (χ4n) is 1.86. The van der Waals surface area contributed by atoms with Crippen molar-refractivity contribution in [1.29, 1.82) is 0 Å². The first-order valence-electron chi connectivity index (χ1n) is 6.69. The molecule has 0 saturated carbocycles. The van der Waals surface area contributed by atoms with E-state index in [2.05, 4.69) is 11.6 Å². The molecular formula is C14H23NO3S2. The molecule has 0 saturated heterocycles. The van der Waals surface area contributed by atoms with Gasteiger partial charge < -0.3 is 5.11 Å². The minimum absolute atomic E-state index is 0.143. The molecule has 0 aliphatic carbocycles. The maximum atomic E-state index is 12.2. The largest absolute Gasteiger partial charge is 0.392 e. The van der Waals surface area contributed by atoms with Crippen LogP contribution in [0.25, 0.3) is 0 Å². The van der Waals surface area contributed by atoms with Gasteiger partial charge in [0.2, 0.25) is 10.0 Å². The zero-order valence-corrected chi connectivity index (χ0v) is 13.9. The van der Waals surface area contributed by atoms with Crippen molar-refractivity contribution in [2.75, 3.05) is 12.8 Å². The quantitative estimate of drug-likeness (QED) is 0.771. The van der Waals surface area contributed by atoms with Crippen LogP contribution >= 0.6 is 11.8 Å². The van der Waals surface area contributed by atoms with E-state index in [1.54, 1.807) is 30.0 Å². The van der Waals surface area contributed by atoms with Crippen molar-refractivity contribution in [2.24, 2.45) is 0 Å². The predicted molar refractivity (Wildman–Crippen MR) is 84.5 cm³/mol. The molecule has 0 heterocycles. The number of aryl methyl sites for hydroxylation is 1. The summed E-state index contributed by atoms with van der Waals surface area (Å²) in [4.78, 5) is 0.218. The molecule has 1 aromatic carbocycles. The molecule has 114 valence electrons. The summed E-state index contributed by atoms with van der Waals surface area (Å²) >= 11 is 1.71. The summed E-state index contributed by atoms with van der Waals surface area (Å²) in [7, 11) is -3.49. The summed E-state index contributed by atoms with van der Waals surface area (Å²) in [6, 6.07) is 4.92. The van der Waals surface area contributed by atoms with Crippen LogP contribution in [0.2, 0.25) is 0 Å². The Labute approximate surface area is 126 Å². The minimum Gasteiger partial charge on any atom is -0.392 e. The van der Waals surface area contributed by atoms with Gasteiger partial charge in [0.1, 0.15) is 0 Å². The van der Waals surface area contributed by atoms with Crippen molar-refractivity contribution >= 4 is 21.8 Å². The van der Waals surface area contributed by atoms with E-state index >= 15 is 0 Å². The lowest BCUT2D eigenvalue weighted by Crippen LogP contribution is -2.26. The Balaban J connectivity index is 2.82. The second-order valence-corrected chi connectivity index (χ2v) is 7.72. The van der Waals surface area contributed by atoms with Crippen molar-refractivity contribution < 1.29 is 13.5 Å². The zero-order valence-electron chi connectivity index (χ0n) is 12.2. The molecule has 0 aliphatic rings. The number of benzene rings is 1. The van der Waals surface area contributed by atoms with Gasteiger partial charge in [-0.15, -0.1) is 0 Å². The number of sulfonamides is 1. The zero-order chi connectivity index (χ0) is 15.2. The monoisotopic (exact) mass is 317 g/mol. The first-order valence-corrected chi connectivity index (χ1v) is 9.46. The molecule has 1 atom stereocenters. The second kappa shape index (κ2) is 8.02. The van der Waals surface area contributed by atoms with Crippen molar-refractivity contribution in [3.63, 3.8) is 0 Å². The predicted octanol–water partition coefficient (Wildman–Crippen LogP) is 2.16. The SMILES string of the molecule is CCc1ccc(S(=O)(=O)NCCC(C)SC)cc1CO. The molecule has 1 unspecified atom stereocenters. The van der Waals surface area contributed by atoms with Crippen molar-refractivity contribution in [2.45, 2.75) is 43.4 Å². The standard InChI is InChI=1S/C14H23NO3S2/c1-4-12-5-6-14(9-13(12)10-16)20(17,18)15-8-7-11(2)19-3/h5-6,9,11,15-16H,4,7-8,10H2,1-3H3. The molecular weight excluding hydrogens is 294 g/mol. The first kappa shape index (κ1) is 17.5. The van der Waals surface area contributed by atoms with E-state index in [0.717, 1.165) is 18.4 Å². The van der Waals surface area contributed by atoms with Crippen LogP contribution in [0.15, 0.2) is 23.1 Å². The van der Waals surface area contributed by atoms with Gasteiger partial charge in [0.05, 0.1) is 11.5 Å². The van der Waals surface area contributed by atoms with Crippen LogP contribution in [-0.2, 0) is 23.1 Å². The average Bonchev–Trinajstić information content (AvgIpc) is 2.45. The summed E-state index contributed by atoms with van der Waals surface area (Å²) in [6.07, 6.45) is 3.57. The van der Waals surface area contributed by atoms with Gasteiger partial charge in [0.15, 0.2) is 0 Å². The van der Waals surface area contributed by atoms with Crippen LogP contribution in [0.3, 0.4) is 0 Å². The van der Waals surface area contributed by atoms with Gasteiger partial charge >= 0.3 is 0 Å². The Hall–Kier alpha value is -0.560. The smallest absolute Gasteiger partial charge is 0.240 e.